The maximum atomic E-state index is 12.2. The minimum atomic E-state index is -0.908. The number of carbonyl (C=O) groups excluding carboxylic acids is 4. The maximum absolute atomic E-state index is 12.2. The molecule has 1 saturated heterocycles. The van der Waals surface area contributed by atoms with Gasteiger partial charge in [-0.2, -0.15) is 0 Å². The largest absolute Gasteiger partial charge is 0.438 e. The zero-order valence-electron chi connectivity index (χ0n) is 17.5. The van der Waals surface area contributed by atoms with E-state index in [-0.39, 0.29) is 12.8 Å². The van der Waals surface area contributed by atoms with E-state index in [1.807, 2.05) is 0 Å². The van der Waals surface area contributed by atoms with Gasteiger partial charge in [0.2, 0.25) is 0 Å². The summed E-state index contributed by atoms with van der Waals surface area (Å²) in [5, 5.41) is 0.487. The molecule has 1 heterocycles. The van der Waals surface area contributed by atoms with Crippen molar-refractivity contribution in [2.75, 3.05) is 26.7 Å². The van der Waals surface area contributed by atoms with Crippen LogP contribution in [0.1, 0.15) is 39.5 Å². The second-order valence-electron chi connectivity index (χ2n) is 6.82. The maximum Gasteiger partial charge on any atom is 0.438 e. The first-order valence-corrected chi connectivity index (χ1v) is 9.81. The molecule has 0 aromatic rings. The third kappa shape index (κ3) is 7.30. The summed E-state index contributed by atoms with van der Waals surface area (Å²) in [6.07, 6.45) is 9.37. The summed E-state index contributed by atoms with van der Waals surface area (Å²) in [5.41, 5.74) is -0.908. The van der Waals surface area contributed by atoms with E-state index < -0.39 is 23.3 Å². The number of imide groups is 1. The number of allylic oxidation sites excluding steroid dienone is 4. The zero-order chi connectivity index (χ0) is 21.9. The van der Waals surface area contributed by atoms with Crippen LogP contribution in [0.25, 0.3) is 0 Å². The van der Waals surface area contributed by atoms with E-state index in [0.29, 0.717) is 11.5 Å². The lowest BCUT2D eigenvalue weighted by Gasteiger charge is -2.24. The van der Waals surface area contributed by atoms with Crippen molar-refractivity contribution in [2.24, 2.45) is 5.41 Å². The SMILES string of the molecule is C=C/C=C\C(C=O)(/C=C\N(C)C(=O)ON1C(=O)CCC1=O)CCCN(CC)CC. The molecule has 0 radical (unpaired) electrons. The molecule has 0 aromatic heterocycles. The smallest absolute Gasteiger partial charge is 0.310 e. The van der Waals surface area contributed by atoms with Crippen molar-refractivity contribution in [3.8, 4) is 0 Å². The first-order valence-electron chi connectivity index (χ1n) is 9.81. The van der Waals surface area contributed by atoms with E-state index in [4.69, 9.17) is 4.84 Å². The molecule has 1 aliphatic heterocycles. The Hall–Kier alpha value is -2.74. The summed E-state index contributed by atoms with van der Waals surface area (Å²) in [6.45, 7) is 10.5. The number of hydrogen-bond acceptors (Lipinski definition) is 6. The van der Waals surface area contributed by atoms with Gasteiger partial charge in [-0.1, -0.05) is 44.7 Å². The number of amides is 3. The molecule has 1 rings (SSSR count). The number of hydrogen-bond donors (Lipinski definition) is 0. The molecule has 0 spiro atoms. The Kier molecular flexibility index (Phi) is 10.0. The van der Waals surface area contributed by atoms with Gasteiger partial charge in [-0.05, 0) is 32.5 Å². The van der Waals surface area contributed by atoms with Gasteiger partial charge in [-0.25, -0.2) is 4.79 Å². The van der Waals surface area contributed by atoms with Gasteiger partial charge in [-0.15, -0.1) is 5.06 Å². The Labute approximate surface area is 172 Å². The van der Waals surface area contributed by atoms with Gasteiger partial charge in [0, 0.05) is 26.1 Å². The molecule has 1 fully saturated rings. The molecular weight excluding hydrogens is 374 g/mol. The fourth-order valence-electron chi connectivity index (χ4n) is 2.87. The van der Waals surface area contributed by atoms with Crippen LogP contribution < -0.4 is 0 Å². The summed E-state index contributed by atoms with van der Waals surface area (Å²) < 4.78 is 0. The Morgan fingerprint density at radius 2 is 1.83 bits per heavy atom. The van der Waals surface area contributed by atoms with Gasteiger partial charge in [0.05, 0.1) is 5.41 Å². The van der Waals surface area contributed by atoms with Crippen molar-refractivity contribution in [1.82, 2.24) is 14.9 Å². The Morgan fingerprint density at radius 1 is 1.21 bits per heavy atom. The number of aldehydes is 1. The first kappa shape index (κ1) is 24.3. The first-order chi connectivity index (χ1) is 13.8. The molecule has 1 unspecified atom stereocenters. The molecule has 160 valence electrons. The normalized spacial score (nSPS) is 16.6. The van der Waals surface area contributed by atoms with Crippen LogP contribution in [0.15, 0.2) is 37.1 Å². The molecule has 0 N–H and O–H groups in total. The molecule has 8 heteroatoms. The molecule has 0 aromatic carbocycles. The van der Waals surface area contributed by atoms with Crippen molar-refractivity contribution in [3.63, 3.8) is 0 Å². The molecule has 29 heavy (non-hydrogen) atoms. The van der Waals surface area contributed by atoms with Gasteiger partial charge in [0.1, 0.15) is 6.29 Å². The molecule has 0 bridgehead atoms. The molecule has 3 amide bonds. The highest BCUT2D eigenvalue weighted by Crippen LogP contribution is 2.26. The predicted octanol–water partition coefficient (Wildman–Crippen LogP) is 2.68. The zero-order valence-corrected chi connectivity index (χ0v) is 17.5. The van der Waals surface area contributed by atoms with Gasteiger partial charge >= 0.3 is 6.09 Å². The molecule has 8 nitrogen and oxygen atoms in total. The number of carbonyl (C=O) groups is 4. The molecule has 0 saturated carbocycles. The molecular formula is C21H31N3O5. The van der Waals surface area contributed by atoms with Crippen LogP contribution in [0, 0.1) is 5.41 Å². The summed E-state index contributed by atoms with van der Waals surface area (Å²) in [6, 6.07) is 0. The van der Waals surface area contributed by atoms with E-state index in [1.165, 1.54) is 13.2 Å². The monoisotopic (exact) mass is 405 g/mol. The van der Waals surface area contributed by atoms with E-state index in [0.717, 1.165) is 37.2 Å². The molecule has 1 aliphatic rings. The van der Waals surface area contributed by atoms with Gasteiger partial charge < -0.3 is 14.5 Å². The topological polar surface area (TPSA) is 87.2 Å². The molecule has 1 atom stereocenters. The van der Waals surface area contributed by atoms with Gasteiger partial charge in [0.25, 0.3) is 11.8 Å². The highest BCUT2D eigenvalue weighted by molar-refractivity contribution is 6.01. The van der Waals surface area contributed by atoms with E-state index in [2.05, 4.69) is 25.3 Å². The lowest BCUT2D eigenvalue weighted by atomic mass is 9.84. The van der Waals surface area contributed by atoms with Crippen LogP contribution in [-0.4, -0.2) is 65.7 Å². The lowest BCUT2D eigenvalue weighted by Crippen LogP contribution is -2.36. The fraction of sp³-hybridized carbons (Fsp3) is 0.524. The summed E-state index contributed by atoms with van der Waals surface area (Å²) in [5.74, 6) is -1.10. The van der Waals surface area contributed by atoms with E-state index >= 15 is 0 Å². The van der Waals surface area contributed by atoms with Crippen molar-refractivity contribution < 1.29 is 24.0 Å². The Bertz CT molecular complexity index is 653. The molecule has 0 aliphatic carbocycles. The lowest BCUT2D eigenvalue weighted by molar-refractivity contribution is -0.172. The third-order valence-electron chi connectivity index (χ3n) is 4.81. The average molecular weight is 405 g/mol. The quantitative estimate of drug-likeness (QED) is 0.282. The van der Waals surface area contributed by atoms with Gasteiger partial charge in [-0.3, -0.25) is 14.5 Å². The number of nitrogens with zero attached hydrogens (tertiary/aromatic N) is 3. The van der Waals surface area contributed by atoms with Crippen molar-refractivity contribution in [3.05, 3.63) is 37.1 Å². The van der Waals surface area contributed by atoms with Crippen LogP contribution in [0.3, 0.4) is 0 Å². The van der Waals surface area contributed by atoms with E-state index in [1.54, 1.807) is 24.3 Å². The number of rotatable bonds is 12. The van der Waals surface area contributed by atoms with Crippen molar-refractivity contribution in [1.29, 1.82) is 0 Å². The van der Waals surface area contributed by atoms with Crippen LogP contribution in [0.4, 0.5) is 4.79 Å². The Balaban J connectivity index is 2.83. The third-order valence-corrected chi connectivity index (χ3v) is 4.81. The minimum absolute atomic E-state index is 0.0266. The highest BCUT2D eigenvalue weighted by Gasteiger charge is 2.33. The van der Waals surface area contributed by atoms with Crippen LogP contribution in [0.5, 0.6) is 0 Å². The summed E-state index contributed by atoms with van der Waals surface area (Å²) in [7, 11) is 1.42. The van der Waals surface area contributed by atoms with Crippen LogP contribution >= 0.6 is 0 Å². The standard InChI is InChI=1S/C21H31N3O5/c1-5-8-12-21(17-25,13-9-15-23(6-2)7-3)14-16-22(4)20(28)29-24-18(26)10-11-19(24)27/h5,8,12,14,16-17H,1,6-7,9-11,13,15H2,2-4H3/b12-8-,16-14-. The predicted molar refractivity (Wildman–Crippen MR) is 109 cm³/mol. The summed E-state index contributed by atoms with van der Waals surface area (Å²) in [4.78, 5) is 55.4. The summed E-state index contributed by atoms with van der Waals surface area (Å²) >= 11 is 0. The minimum Gasteiger partial charge on any atom is -0.310 e. The van der Waals surface area contributed by atoms with Crippen molar-refractivity contribution >= 4 is 24.2 Å². The average Bonchev–Trinajstić information content (AvgIpc) is 3.04. The number of hydroxylamine groups is 2. The van der Waals surface area contributed by atoms with Crippen LogP contribution in [-0.2, 0) is 19.2 Å². The highest BCUT2D eigenvalue weighted by atomic mass is 16.7. The fourth-order valence-corrected chi connectivity index (χ4v) is 2.87. The van der Waals surface area contributed by atoms with E-state index in [9.17, 15) is 19.2 Å². The van der Waals surface area contributed by atoms with Crippen LogP contribution in [0.2, 0.25) is 0 Å². The Morgan fingerprint density at radius 3 is 2.34 bits per heavy atom. The second kappa shape index (κ2) is 12.0. The second-order valence-corrected chi connectivity index (χ2v) is 6.82. The van der Waals surface area contributed by atoms with Gasteiger partial charge in [0.15, 0.2) is 0 Å². The van der Waals surface area contributed by atoms with Crippen molar-refractivity contribution in [2.45, 2.75) is 39.5 Å².